The molecule has 0 bridgehead atoms. The fraction of sp³-hybridized carbons (Fsp3) is 0.529. The first-order chi connectivity index (χ1) is 10.8. The van der Waals surface area contributed by atoms with Crippen molar-refractivity contribution in [1.82, 2.24) is 9.47 Å². The van der Waals surface area contributed by atoms with E-state index in [1.165, 1.54) is 0 Å². The van der Waals surface area contributed by atoms with Crippen LogP contribution < -0.4 is 0 Å². The molecule has 0 radical (unpaired) electrons. The van der Waals surface area contributed by atoms with Gasteiger partial charge in [-0.2, -0.15) is 0 Å². The lowest BCUT2D eigenvalue weighted by Crippen LogP contribution is -2.48. The van der Waals surface area contributed by atoms with E-state index in [2.05, 4.69) is 4.90 Å². The molecule has 0 spiro atoms. The molecule has 1 aliphatic heterocycles. The maximum atomic E-state index is 13.3. The van der Waals surface area contributed by atoms with Crippen LogP contribution in [-0.4, -0.2) is 55.5 Å². The van der Waals surface area contributed by atoms with Crippen molar-refractivity contribution in [1.29, 1.82) is 0 Å². The largest absolute Gasteiger partial charge is 0.379 e. The van der Waals surface area contributed by atoms with Gasteiger partial charge in [0, 0.05) is 43.8 Å². The molecule has 2 aromatic rings. The number of rotatable bonds is 4. The number of morpholine rings is 1. The quantitative estimate of drug-likeness (QED) is 0.858. The summed E-state index contributed by atoms with van der Waals surface area (Å²) < 4.78 is 32.9. The molecule has 0 aliphatic carbocycles. The van der Waals surface area contributed by atoms with Crippen molar-refractivity contribution >= 4 is 20.7 Å². The smallest absolute Gasteiger partial charge is 0.186 e. The maximum Gasteiger partial charge on any atom is 0.186 e. The summed E-state index contributed by atoms with van der Waals surface area (Å²) in [7, 11) is -1.56. The average molecular weight is 336 g/mol. The van der Waals surface area contributed by atoms with Gasteiger partial charge >= 0.3 is 0 Å². The van der Waals surface area contributed by atoms with E-state index < -0.39 is 14.6 Å². The second-order valence-corrected chi connectivity index (χ2v) is 9.32. The van der Waals surface area contributed by atoms with Crippen LogP contribution in [0.5, 0.6) is 0 Å². The lowest BCUT2D eigenvalue weighted by Gasteiger charge is -2.34. The zero-order valence-corrected chi connectivity index (χ0v) is 14.8. The molecule has 1 fully saturated rings. The van der Waals surface area contributed by atoms with Gasteiger partial charge in [0.1, 0.15) is 0 Å². The molecule has 3 rings (SSSR count). The highest BCUT2D eigenvalue weighted by molar-refractivity contribution is 7.93. The summed E-state index contributed by atoms with van der Waals surface area (Å²) in [6, 6.07) is 7.64. The third-order valence-electron chi connectivity index (χ3n) is 4.59. The molecule has 6 heteroatoms. The van der Waals surface area contributed by atoms with Gasteiger partial charge in [-0.15, -0.1) is 0 Å². The van der Waals surface area contributed by atoms with Crippen molar-refractivity contribution < 1.29 is 13.2 Å². The number of hydrogen-bond donors (Lipinski definition) is 0. The topological polar surface area (TPSA) is 51.5 Å². The summed E-state index contributed by atoms with van der Waals surface area (Å²) in [5.41, 5.74) is 0.938. The predicted molar refractivity (Wildman–Crippen MR) is 91.4 cm³/mol. The Balaban J connectivity index is 1.98. The third-order valence-corrected chi connectivity index (χ3v) is 7.07. The molecule has 5 nitrogen and oxygen atoms in total. The minimum Gasteiger partial charge on any atom is -0.379 e. The molecule has 23 heavy (non-hydrogen) atoms. The van der Waals surface area contributed by atoms with Crippen LogP contribution in [0, 0.1) is 0 Å². The lowest BCUT2D eigenvalue weighted by molar-refractivity contribution is 0.0345. The minimum atomic E-state index is -3.45. The second kappa shape index (κ2) is 5.92. The molecular weight excluding hydrogens is 312 g/mol. The molecule has 1 aromatic heterocycles. The molecule has 2 heterocycles. The van der Waals surface area contributed by atoms with E-state index >= 15 is 0 Å². The van der Waals surface area contributed by atoms with Crippen molar-refractivity contribution in [2.45, 2.75) is 23.5 Å². The zero-order valence-electron chi connectivity index (χ0n) is 13.9. The van der Waals surface area contributed by atoms with Gasteiger partial charge in [-0.3, -0.25) is 4.90 Å². The first-order valence-electron chi connectivity index (χ1n) is 7.92. The fourth-order valence-corrected chi connectivity index (χ4v) is 4.91. The number of ether oxygens (including phenoxy) is 1. The highest BCUT2D eigenvalue weighted by atomic mass is 32.2. The number of sulfone groups is 1. The zero-order chi connectivity index (χ0) is 16.7. The second-order valence-electron chi connectivity index (χ2n) is 6.77. The minimum absolute atomic E-state index is 0.425. The summed E-state index contributed by atoms with van der Waals surface area (Å²) >= 11 is 0. The summed E-state index contributed by atoms with van der Waals surface area (Å²) in [6.07, 6.45) is 1.74. The molecule has 1 aliphatic rings. The molecule has 126 valence electrons. The number of aromatic nitrogens is 1. The number of nitrogens with zero attached hydrogens (tertiary/aromatic N) is 2. The van der Waals surface area contributed by atoms with Gasteiger partial charge in [0.05, 0.1) is 22.9 Å². The van der Waals surface area contributed by atoms with Crippen LogP contribution in [0.3, 0.4) is 0 Å². The average Bonchev–Trinajstić information content (AvgIpc) is 2.86. The first-order valence-corrected chi connectivity index (χ1v) is 9.40. The van der Waals surface area contributed by atoms with Crippen molar-refractivity contribution in [2.24, 2.45) is 7.05 Å². The highest BCUT2D eigenvalue weighted by Gasteiger charge is 2.39. The summed E-state index contributed by atoms with van der Waals surface area (Å²) in [4.78, 5) is 2.60. The van der Waals surface area contributed by atoms with Gasteiger partial charge in [0.25, 0.3) is 0 Å². The van der Waals surface area contributed by atoms with Crippen molar-refractivity contribution in [3.63, 3.8) is 0 Å². The van der Waals surface area contributed by atoms with Gasteiger partial charge in [-0.25, -0.2) is 8.42 Å². The SMILES string of the molecule is Cn1cc(S(=O)(=O)C(C)(C)CN2CCOCC2)c2ccccc21. The molecule has 0 atom stereocenters. The fourth-order valence-electron chi connectivity index (χ4n) is 3.20. The Labute approximate surface area is 137 Å². The lowest BCUT2D eigenvalue weighted by atomic mass is 10.2. The Morgan fingerprint density at radius 2 is 1.83 bits per heavy atom. The predicted octanol–water partition coefficient (Wildman–Crippen LogP) is 2.06. The van der Waals surface area contributed by atoms with Crippen molar-refractivity contribution in [3.05, 3.63) is 30.5 Å². The van der Waals surface area contributed by atoms with E-state index in [0.29, 0.717) is 24.7 Å². The van der Waals surface area contributed by atoms with Gasteiger partial charge in [-0.1, -0.05) is 18.2 Å². The summed E-state index contributed by atoms with van der Waals surface area (Å²) in [6.45, 7) is 7.07. The Kier molecular flexibility index (Phi) is 4.25. The van der Waals surface area contributed by atoms with E-state index in [-0.39, 0.29) is 0 Å². The van der Waals surface area contributed by atoms with Crippen LogP contribution >= 0.6 is 0 Å². The number of hydrogen-bond acceptors (Lipinski definition) is 4. The number of fused-ring (bicyclic) bond motifs is 1. The standard InChI is InChI=1S/C17H24N2O3S/c1-17(2,13-19-8-10-22-11-9-19)23(20,21)16-12-18(3)15-7-5-4-6-14(15)16/h4-7,12H,8-11,13H2,1-3H3. The molecule has 0 unspecified atom stereocenters. The maximum absolute atomic E-state index is 13.3. The first kappa shape index (κ1) is 16.5. The van der Waals surface area contributed by atoms with Crippen molar-refractivity contribution in [2.75, 3.05) is 32.8 Å². The number of aryl methyl sites for hydroxylation is 1. The van der Waals surface area contributed by atoms with E-state index in [9.17, 15) is 8.42 Å². The van der Waals surface area contributed by atoms with Gasteiger partial charge in [0.2, 0.25) is 0 Å². The third kappa shape index (κ3) is 2.91. The Morgan fingerprint density at radius 3 is 2.52 bits per heavy atom. The Hall–Kier alpha value is -1.37. The van der Waals surface area contributed by atoms with Crippen LogP contribution in [0.2, 0.25) is 0 Å². The van der Waals surface area contributed by atoms with Gasteiger partial charge in [0.15, 0.2) is 9.84 Å². The molecule has 1 aromatic carbocycles. The molecule has 0 amide bonds. The van der Waals surface area contributed by atoms with Gasteiger partial charge in [-0.05, 0) is 19.9 Å². The molecular formula is C17H24N2O3S. The molecule has 0 N–H and O–H groups in total. The van der Waals surface area contributed by atoms with Gasteiger partial charge < -0.3 is 9.30 Å². The molecule has 0 saturated carbocycles. The highest BCUT2D eigenvalue weighted by Crippen LogP contribution is 2.32. The van der Waals surface area contributed by atoms with E-state index in [1.807, 2.05) is 49.7 Å². The number of para-hydroxylation sites is 1. The monoisotopic (exact) mass is 336 g/mol. The summed E-state index contributed by atoms with van der Waals surface area (Å²) in [5.74, 6) is 0. The van der Waals surface area contributed by atoms with Crippen LogP contribution in [-0.2, 0) is 21.6 Å². The normalized spacial score (nSPS) is 17.7. The van der Waals surface area contributed by atoms with Crippen LogP contribution in [0.4, 0.5) is 0 Å². The van der Waals surface area contributed by atoms with Crippen LogP contribution in [0.15, 0.2) is 35.4 Å². The van der Waals surface area contributed by atoms with E-state index in [0.717, 1.165) is 24.0 Å². The van der Waals surface area contributed by atoms with Crippen molar-refractivity contribution in [3.8, 4) is 0 Å². The number of benzene rings is 1. The van der Waals surface area contributed by atoms with Crippen LogP contribution in [0.1, 0.15) is 13.8 Å². The Bertz CT molecular complexity index is 802. The van der Waals surface area contributed by atoms with E-state index in [1.54, 1.807) is 6.20 Å². The van der Waals surface area contributed by atoms with Crippen LogP contribution in [0.25, 0.3) is 10.9 Å². The molecule has 1 saturated heterocycles. The van der Waals surface area contributed by atoms with E-state index in [4.69, 9.17) is 4.74 Å². The Morgan fingerprint density at radius 1 is 1.17 bits per heavy atom. The summed E-state index contributed by atoms with van der Waals surface area (Å²) in [5, 5.41) is 0.796.